The highest BCUT2D eigenvalue weighted by molar-refractivity contribution is 6.31. The molecule has 0 bridgehead atoms. The second-order valence-corrected chi connectivity index (χ2v) is 6.05. The van der Waals surface area contributed by atoms with Gasteiger partial charge in [0.15, 0.2) is 5.78 Å². The molecule has 2 rings (SSSR count). The number of allylic oxidation sites excluding steroid dienone is 2. The smallest absolute Gasteiger partial charge is 0.156 e. The molecule has 1 nitrogen and oxygen atoms in total. The van der Waals surface area contributed by atoms with E-state index < -0.39 is 5.82 Å². The van der Waals surface area contributed by atoms with E-state index in [-0.39, 0.29) is 16.2 Å². The van der Waals surface area contributed by atoms with Crippen LogP contribution in [0.1, 0.15) is 32.3 Å². The first-order valence-electron chi connectivity index (χ1n) is 6.02. The molecule has 1 aromatic rings. The summed E-state index contributed by atoms with van der Waals surface area (Å²) < 4.78 is 13.3. The molecule has 0 amide bonds. The largest absolute Gasteiger partial charge is 0.295 e. The molecule has 0 N–H and O–H groups in total. The summed E-state index contributed by atoms with van der Waals surface area (Å²) in [6, 6.07) is 4.79. The van der Waals surface area contributed by atoms with Gasteiger partial charge in [0.05, 0.1) is 5.02 Å². The first-order valence-corrected chi connectivity index (χ1v) is 6.40. The quantitative estimate of drug-likeness (QED) is 0.778. The molecule has 0 saturated heterocycles. The van der Waals surface area contributed by atoms with E-state index in [1.165, 1.54) is 6.07 Å². The van der Waals surface area contributed by atoms with Crippen molar-refractivity contribution in [1.82, 2.24) is 0 Å². The molecule has 0 atom stereocenters. The minimum absolute atomic E-state index is 0.0129. The monoisotopic (exact) mass is 266 g/mol. The lowest BCUT2D eigenvalue weighted by molar-refractivity contribution is -0.117. The highest BCUT2D eigenvalue weighted by Gasteiger charge is 2.27. The molecule has 1 aliphatic carbocycles. The number of hydrogen-bond acceptors (Lipinski definition) is 1. The summed E-state index contributed by atoms with van der Waals surface area (Å²) in [6.45, 7) is 4.15. The van der Waals surface area contributed by atoms with E-state index in [0.29, 0.717) is 12.8 Å². The third kappa shape index (κ3) is 2.99. The van der Waals surface area contributed by atoms with Crippen molar-refractivity contribution in [3.05, 3.63) is 46.3 Å². The number of carbonyl (C=O) groups excluding carboxylic acids is 1. The van der Waals surface area contributed by atoms with Crippen LogP contribution in [0.5, 0.6) is 0 Å². The van der Waals surface area contributed by atoms with Gasteiger partial charge in [0.1, 0.15) is 5.82 Å². The van der Waals surface area contributed by atoms with Crippen LogP contribution in [0.3, 0.4) is 0 Å². The Morgan fingerprint density at radius 3 is 2.72 bits per heavy atom. The van der Waals surface area contributed by atoms with Gasteiger partial charge < -0.3 is 0 Å². The molecule has 1 aliphatic rings. The Morgan fingerprint density at radius 2 is 2.06 bits per heavy atom. The molecule has 0 saturated carbocycles. The number of rotatable bonds is 2. The van der Waals surface area contributed by atoms with Gasteiger partial charge in [0, 0.05) is 6.42 Å². The zero-order valence-electron chi connectivity index (χ0n) is 10.6. The highest BCUT2D eigenvalue weighted by atomic mass is 35.5. The Morgan fingerprint density at radius 1 is 1.33 bits per heavy atom. The topological polar surface area (TPSA) is 17.1 Å². The van der Waals surface area contributed by atoms with Crippen molar-refractivity contribution in [2.24, 2.45) is 5.41 Å². The molecule has 0 aliphatic heterocycles. The molecule has 0 spiro atoms. The maximum Gasteiger partial charge on any atom is 0.156 e. The summed E-state index contributed by atoms with van der Waals surface area (Å²) in [4.78, 5) is 11.6. The van der Waals surface area contributed by atoms with Crippen molar-refractivity contribution in [2.75, 3.05) is 0 Å². The summed E-state index contributed by atoms with van der Waals surface area (Å²) in [5.41, 5.74) is 1.76. The average Bonchev–Trinajstić information content (AvgIpc) is 2.22. The molecule has 96 valence electrons. The molecule has 0 heterocycles. The second kappa shape index (κ2) is 4.85. The predicted octanol–water partition coefficient (Wildman–Crippen LogP) is 4.34. The van der Waals surface area contributed by atoms with Crippen molar-refractivity contribution in [2.45, 2.75) is 33.1 Å². The van der Waals surface area contributed by atoms with Gasteiger partial charge >= 0.3 is 0 Å². The van der Waals surface area contributed by atoms with Gasteiger partial charge in [-0.2, -0.15) is 0 Å². The average molecular weight is 267 g/mol. The number of hydrogen-bond donors (Lipinski definition) is 0. The van der Waals surface area contributed by atoms with Crippen molar-refractivity contribution in [3.63, 3.8) is 0 Å². The molecule has 0 radical (unpaired) electrons. The molecular formula is C15H16ClFO. The normalized spacial score (nSPS) is 18.7. The van der Waals surface area contributed by atoms with Crippen LogP contribution in [0.4, 0.5) is 4.39 Å². The predicted molar refractivity (Wildman–Crippen MR) is 71.2 cm³/mol. The summed E-state index contributed by atoms with van der Waals surface area (Å²) in [6.07, 6.45) is 3.66. The van der Waals surface area contributed by atoms with Gasteiger partial charge in [-0.25, -0.2) is 4.39 Å². The number of halogens is 2. The van der Waals surface area contributed by atoms with Crippen molar-refractivity contribution >= 4 is 17.4 Å². The fourth-order valence-corrected chi connectivity index (χ4v) is 2.71. The summed E-state index contributed by atoms with van der Waals surface area (Å²) in [7, 11) is 0. The SMILES string of the molecule is CC1(C)CC(=O)C=C(Cc2cccc(F)c2Cl)C1. The second-order valence-electron chi connectivity index (χ2n) is 5.68. The van der Waals surface area contributed by atoms with Crippen molar-refractivity contribution < 1.29 is 9.18 Å². The van der Waals surface area contributed by atoms with E-state index >= 15 is 0 Å². The lowest BCUT2D eigenvalue weighted by Gasteiger charge is -2.29. The minimum atomic E-state index is -0.406. The highest BCUT2D eigenvalue weighted by Crippen LogP contribution is 2.35. The Balaban J connectivity index is 2.24. The van der Waals surface area contributed by atoms with Gasteiger partial charge in [0.2, 0.25) is 0 Å². The Hall–Kier alpha value is -1.15. The van der Waals surface area contributed by atoms with E-state index in [1.807, 2.05) is 0 Å². The number of benzene rings is 1. The van der Waals surface area contributed by atoms with Gasteiger partial charge in [-0.1, -0.05) is 43.2 Å². The van der Waals surface area contributed by atoms with Gasteiger partial charge in [0.25, 0.3) is 0 Å². The van der Waals surface area contributed by atoms with Gasteiger partial charge in [-0.05, 0) is 36.0 Å². The lowest BCUT2D eigenvalue weighted by Crippen LogP contribution is -2.22. The molecular weight excluding hydrogens is 251 g/mol. The Bertz CT molecular complexity index is 517. The molecule has 0 unspecified atom stereocenters. The molecule has 0 aromatic heterocycles. The van der Waals surface area contributed by atoms with Gasteiger partial charge in [-0.15, -0.1) is 0 Å². The zero-order chi connectivity index (χ0) is 13.3. The molecule has 18 heavy (non-hydrogen) atoms. The van der Waals surface area contributed by atoms with Crippen LogP contribution in [0.25, 0.3) is 0 Å². The van der Waals surface area contributed by atoms with Crippen LogP contribution in [-0.2, 0) is 11.2 Å². The molecule has 0 fully saturated rings. The van der Waals surface area contributed by atoms with E-state index in [9.17, 15) is 9.18 Å². The van der Waals surface area contributed by atoms with E-state index in [2.05, 4.69) is 13.8 Å². The van der Waals surface area contributed by atoms with E-state index in [0.717, 1.165) is 17.6 Å². The first-order chi connectivity index (χ1) is 8.37. The van der Waals surface area contributed by atoms with Gasteiger partial charge in [-0.3, -0.25) is 4.79 Å². The fourth-order valence-electron chi connectivity index (χ4n) is 2.52. The van der Waals surface area contributed by atoms with Crippen molar-refractivity contribution in [3.8, 4) is 0 Å². The Labute approximate surface area is 112 Å². The molecule has 1 aromatic carbocycles. The first kappa shape index (κ1) is 13.3. The minimum Gasteiger partial charge on any atom is -0.295 e. The van der Waals surface area contributed by atoms with Crippen LogP contribution in [0, 0.1) is 11.2 Å². The number of carbonyl (C=O) groups is 1. The van der Waals surface area contributed by atoms with E-state index in [4.69, 9.17) is 11.6 Å². The third-order valence-corrected chi connectivity index (χ3v) is 3.60. The maximum atomic E-state index is 13.3. The van der Waals surface area contributed by atoms with Crippen LogP contribution < -0.4 is 0 Å². The Kier molecular flexibility index (Phi) is 3.58. The summed E-state index contributed by atoms with van der Waals surface area (Å²) in [5, 5.41) is 0.161. The van der Waals surface area contributed by atoms with Crippen LogP contribution in [0.15, 0.2) is 29.8 Å². The van der Waals surface area contributed by atoms with Crippen LogP contribution >= 0.6 is 11.6 Å². The summed E-state index contributed by atoms with van der Waals surface area (Å²) >= 11 is 5.93. The van der Waals surface area contributed by atoms with E-state index in [1.54, 1.807) is 18.2 Å². The fraction of sp³-hybridized carbons (Fsp3) is 0.400. The number of ketones is 1. The maximum absolute atomic E-state index is 13.3. The third-order valence-electron chi connectivity index (χ3n) is 3.17. The van der Waals surface area contributed by atoms with Crippen LogP contribution in [0.2, 0.25) is 5.02 Å². The van der Waals surface area contributed by atoms with Crippen molar-refractivity contribution in [1.29, 1.82) is 0 Å². The zero-order valence-corrected chi connectivity index (χ0v) is 11.4. The standard InChI is InChI=1S/C15H16ClFO/c1-15(2)8-10(7-12(18)9-15)6-11-4-3-5-13(17)14(11)16/h3-5,7H,6,8-9H2,1-2H3. The summed E-state index contributed by atoms with van der Waals surface area (Å²) in [5.74, 6) is -0.259. The van der Waals surface area contributed by atoms with Crippen LogP contribution in [-0.4, -0.2) is 5.78 Å². The lowest BCUT2D eigenvalue weighted by atomic mass is 9.75. The molecule has 3 heteroatoms.